The number of phenols is 1. The maximum Gasteiger partial charge on any atom is 0.338 e. The van der Waals surface area contributed by atoms with Crippen LogP contribution in [0.15, 0.2) is 63.5 Å². The number of carbonyl (C=O) groups excluding carboxylic acids is 1. The molecule has 9 heteroatoms. The number of halogens is 1. The van der Waals surface area contributed by atoms with Gasteiger partial charge in [-0.1, -0.05) is 53.3 Å². The number of methoxy groups -OCH3 is 2. The van der Waals surface area contributed by atoms with E-state index in [1.165, 1.54) is 36.2 Å². The highest BCUT2D eigenvalue weighted by Gasteiger charge is 2.32. The molecule has 0 aliphatic carbocycles. The SMILES string of the molecule is COC(=O)C1=C(C)N=c2sc(=Cc3cc(Cl)c(O)c(OC)c3)c(=O)n2C1c1ccccc1. The van der Waals surface area contributed by atoms with Gasteiger partial charge in [-0.05, 0) is 36.3 Å². The summed E-state index contributed by atoms with van der Waals surface area (Å²) < 4.78 is 12.0. The highest BCUT2D eigenvalue weighted by atomic mass is 35.5. The molecule has 1 unspecified atom stereocenters. The van der Waals surface area contributed by atoms with Crippen molar-refractivity contribution in [3.8, 4) is 11.5 Å². The molecule has 4 rings (SSSR count). The molecule has 1 N–H and O–H groups in total. The summed E-state index contributed by atoms with van der Waals surface area (Å²) in [5.74, 6) is -0.512. The first-order chi connectivity index (χ1) is 15.3. The molecule has 1 atom stereocenters. The van der Waals surface area contributed by atoms with Crippen molar-refractivity contribution in [1.29, 1.82) is 0 Å². The lowest BCUT2D eigenvalue weighted by molar-refractivity contribution is -0.136. The Labute approximate surface area is 192 Å². The van der Waals surface area contributed by atoms with Crippen molar-refractivity contribution < 1.29 is 19.4 Å². The molecule has 3 aromatic rings. The van der Waals surface area contributed by atoms with Crippen molar-refractivity contribution in [2.24, 2.45) is 4.99 Å². The van der Waals surface area contributed by atoms with E-state index < -0.39 is 12.0 Å². The van der Waals surface area contributed by atoms with E-state index in [0.717, 1.165) is 5.56 Å². The molecule has 0 spiro atoms. The monoisotopic (exact) mass is 470 g/mol. The summed E-state index contributed by atoms with van der Waals surface area (Å²) in [4.78, 5) is 31.1. The van der Waals surface area contributed by atoms with Crippen LogP contribution >= 0.6 is 22.9 Å². The highest BCUT2D eigenvalue weighted by Crippen LogP contribution is 2.35. The zero-order chi connectivity index (χ0) is 23.0. The fraction of sp³-hybridized carbons (Fsp3) is 0.174. The molecular weight excluding hydrogens is 452 g/mol. The third-order valence-electron chi connectivity index (χ3n) is 5.11. The van der Waals surface area contributed by atoms with Crippen molar-refractivity contribution in [3.05, 3.63) is 89.6 Å². The largest absolute Gasteiger partial charge is 0.503 e. The van der Waals surface area contributed by atoms with Crippen LogP contribution in [0.4, 0.5) is 0 Å². The normalized spacial score (nSPS) is 15.9. The third-order valence-corrected chi connectivity index (χ3v) is 6.38. The zero-order valence-corrected chi connectivity index (χ0v) is 19.0. The topological polar surface area (TPSA) is 90.1 Å². The Kier molecular flexibility index (Phi) is 5.90. The Hall–Kier alpha value is -3.36. The average Bonchev–Trinajstić information content (AvgIpc) is 3.09. The molecule has 1 aromatic heterocycles. The molecule has 0 amide bonds. The number of rotatable bonds is 4. The minimum absolute atomic E-state index is 0.106. The van der Waals surface area contributed by atoms with Crippen LogP contribution in [0.2, 0.25) is 5.02 Å². The minimum atomic E-state index is -0.667. The van der Waals surface area contributed by atoms with E-state index in [1.54, 1.807) is 19.1 Å². The van der Waals surface area contributed by atoms with E-state index in [2.05, 4.69) is 4.99 Å². The fourth-order valence-corrected chi connectivity index (χ4v) is 4.89. The van der Waals surface area contributed by atoms with Gasteiger partial charge in [0.25, 0.3) is 5.56 Å². The second-order valence-electron chi connectivity index (χ2n) is 7.04. The molecular formula is C23H19ClN2O5S. The van der Waals surface area contributed by atoms with Crippen LogP contribution in [0, 0.1) is 0 Å². The number of hydrogen-bond donors (Lipinski definition) is 1. The number of aromatic hydroxyl groups is 1. The third kappa shape index (κ3) is 3.72. The summed E-state index contributed by atoms with van der Waals surface area (Å²) in [5, 5.41) is 10.1. The molecule has 0 radical (unpaired) electrons. The number of thiazole rings is 1. The number of benzene rings is 2. The van der Waals surface area contributed by atoms with Crippen molar-refractivity contribution in [3.63, 3.8) is 0 Å². The van der Waals surface area contributed by atoms with Crippen LogP contribution < -0.4 is 19.6 Å². The van der Waals surface area contributed by atoms with Crippen LogP contribution in [-0.4, -0.2) is 29.9 Å². The number of nitrogens with zero attached hydrogens (tertiary/aromatic N) is 2. The van der Waals surface area contributed by atoms with Gasteiger partial charge in [0.15, 0.2) is 16.3 Å². The van der Waals surface area contributed by atoms with Gasteiger partial charge < -0.3 is 14.6 Å². The second-order valence-corrected chi connectivity index (χ2v) is 8.45. The summed E-state index contributed by atoms with van der Waals surface area (Å²) in [6.45, 7) is 1.73. The van der Waals surface area contributed by atoms with E-state index in [4.69, 9.17) is 21.1 Å². The van der Waals surface area contributed by atoms with Crippen LogP contribution in [0.25, 0.3) is 6.08 Å². The van der Waals surface area contributed by atoms with Crippen molar-refractivity contribution >= 4 is 35.0 Å². The van der Waals surface area contributed by atoms with Crippen molar-refractivity contribution in [2.75, 3.05) is 14.2 Å². The Bertz CT molecular complexity index is 1420. The molecule has 2 heterocycles. The maximum atomic E-state index is 13.5. The number of esters is 1. The Morgan fingerprint density at radius 1 is 1.25 bits per heavy atom. The lowest BCUT2D eigenvalue weighted by atomic mass is 9.96. The first-order valence-electron chi connectivity index (χ1n) is 9.58. The van der Waals surface area contributed by atoms with Gasteiger partial charge in [-0.3, -0.25) is 9.36 Å². The van der Waals surface area contributed by atoms with Gasteiger partial charge in [0, 0.05) is 0 Å². The predicted molar refractivity (Wildman–Crippen MR) is 122 cm³/mol. The quantitative estimate of drug-likeness (QED) is 0.592. The molecule has 32 heavy (non-hydrogen) atoms. The van der Waals surface area contributed by atoms with Gasteiger partial charge in [0.05, 0.1) is 41.1 Å². The van der Waals surface area contributed by atoms with Crippen molar-refractivity contribution in [2.45, 2.75) is 13.0 Å². The zero-order valence-electron chi connectivity index (χ0n) is 17.5. The number of carbonyl (C=O) groups is 1. The van der Waals surface area contributed by atoms with Crippen molar-refractivity contribution in [1.82, 2.24) is 4.57 Å². The molecule has 1 aliphatic rings. The fourth-order valence-electron chi connectivity index (χ4n) is 3.63. The number of aromatic nitrogens is 1. The van der Waals surface area contributed by atoms with Crippen LogP contribution in [0.3, 0.4) is 0 Å². The number of phenolic OH excluding ortho intramolecular Hbond substituents is 1. The Balaban J connectivity index is 1.97. The summed E-state index contributed by atoms with van der Waals surface area (Å²) in [7, 11) is 2.72. The van der Waals surface area contributed by atoms with Gasteiger partial charge in [-0.25, -0.2) is 9.79 Å². The lowest BCUT2D eigenvalue weighted by Crippen LogP contribution is -2.39. The summed E-state index contributed by atoms with van der Waals surface area (Å²) in [5.41, 5.74) is 1.85. The molecule has 0 fully saturated rings. The van der Waals surface area contributed by atoms with E-state index >= 15 is 0 Å². The highest BCUT2D eigenvalue weighted by molar-refractivity contribution is 7.07. The summed E-state index contributed by atoms with van der Waals surface area (Å²) in [6, 6.07) is 11.7. The molecule has 0 saturated heterocycles. The van der Waals surface area contributed by atoms with E-state index in [1.807, 2.05) is 30.3 Å². The minimum Gasteiger partial charge on any atom is -0.503 e. The van der Waals surface area contributed by atoms with E-state index in [0.29, 0.717) is 26.2 Å². The standard InChI is InChI=1S/C23H19ClN2O5S/c1-12-18(22(29)31-3)19(14-7-5-4-6-8-14)26-21(28)17(32-23(26)25-12)11-13-9-15(24)20(27)16(10-13)30-2/h4-11,19,27H,1-3H3. The van der Waals surface area contributed by atoms with Crippen LogP contribution in [0.1, 0.15) is 24.1 Å². The first-order valence-corrected chi connectivity index (χ1v) is 10.8. The van der Waals surface area contributed by atoms with Gasteiger partial charge in [-0.15, -0.1) is 0 Å². The molecule has 7 nitrogen and oxygen atoms in total. The van der Waals surface area contributed by atoms with E-state index in [-0.39, 0.29) is 22.1 Å². The van der Waals surface area contributed by atoms with Gasteiger partial charge >= 0.3 is 5.97 Å². The molecule has 164 valence electrons. The average molecular weight is 471 g/mol. The predicted octanol–water partition coefficient (Wildman–Crippen LogP) is 2.78. The Morgan fingerprint density at radius 2 is 1.97 bits per heavy atom. The lowest BCUT2D eigenvalue weighted by Gasteiger charge is -2.24. The first kappa shape index (κ1) is 21.9. The molecule has 2 aromatic carbocycles. The second kappa shape index (κ2) is 8.64. The molecule has 0 bridgehead atoms. The van der Waals surface area contributed by atoms with E-state index in [9.17, 15) is 14.7 Å². The number of ether oxygens (including phenoxy) is 2. The number of allylic oxidation sites excluding steroid dienone is 1. The number of hydrogen-bond acceptors (Lipinski definition) is 7. The summed E-state index contributed by atoms with van der Waals surface area (Å²) >= 11 is 7.29. The Morgan fingerprint density at radius 3 is 2.62 bits per heavy atom. The molecule has 1 aliphatic heterocycles. The van der Waals surface area contributed by atoms with Crippen LogP contribution in [-0.2, 0) is 9.53 Å². The smallest absolute Gasteiger partial charge is 0.338 e. The maximum absolute atomic E-state index is 13.5. The summed E-state index contributed by atoms with van der Waals surface area (Å²) in [6.07, 6.45) is 1.65. The van der Waals surface area contributed by atoms with Gasteiger partial charge in [-0.2, -0.15) is 0 Å². The van der Waals surface area contributed by atoms with Gasteiger partial charge in [0.2, 0.25) is 0 Å². The number of fused-ring (bicyclic) bond motifs is 1. The van der Waals surface area contributed by atoms with Gasteiger partial charge in [0.1, 0.15) is 0 Å². The molecule has 0 saturated carbocycles. The van der Waals surface area contributed by atoms with Crippen LogP contribution in [0.5, 0.6) is 11.5 Å².